The fourth-order valence-corrected chi connectivity index (χ4v) is 2.71. The topological polar surface area (TPSA) is 50.9 Å². The maximum absolute atomic E-state index is 8.76. The van der Waals surface area contributed by atoms with Gasteiger partial charge in [0.1, 0.15) is 6.33 Å². The predicted molar refractivity (Wildman–Crippen MR) is 78.1 cm³/mol. The van der Waals surface area contributed by atoms with Crippen LogP contribution in [0.1, 0.15) is 18.4 Å². The summed E-state index contributed by atoms with van der Waals surface area (Å²) in [6, 6.07) is 5.90. The largest absolute Gasteiger partial charge is 0.396 e. The van der Waals surface area contributed by atoms with E-state index in [9.17, 15) is 0 Å². The van der Waals surface area contributed by atoms with Crippen LogP contribution >= 0.6 is 23.4 Å². The first-order valence-electron chi connectivity index (χ1n) is 6.12. The van der Waals surface area contributed by atoms with Gasteiger partial charge in [0, 0.05) is 17.4 Å². The van der Waals surface area contributed by atoms with Crippen molar-refractivity contribution in [1.82, 2.24) is 14.8 Å². The van der Waals surface area contributed by atoms with Gasteiger partial charge in [-0.2, -0.15) is 0 Å². The highest BCUT2D eigenvalue weighted by Crippen LogP contribution is 2.24. The first-order valence-corrected chi connectivity index (χ1v) is 7.49. The van der Waals surface area contributed by atoms with Gasteiger partial charge in [-0.15, -0.1) is 10.2 Å². The number of unbranched alkanes of at least 4 members (excludes halogenated alkanes) is 1. The third-order valence-corrected chi connectivity index (χ3v) is 4.17. The number of thioether (sulfide) groups is 1. The van der Waals surface area contributed by atoms with E-state index >= 15 is 0 Å². The van der Waals surface area contributed by atoms with Crippen molar-refractivity contribution in [1.29, 1.82) is 0 Å². The predicted octanol–water partition coefficient (Wildman–Crippen LogP) is 3.09. The van der Waals surface area contributed by atoms with Crippen LogP contribution in [-0.2, 0) is 0 Å². The van der Waals surface area contributed by atoms with Crippen LogP contribution in [0.2, 0.25) is 5.02 Å². The smallest absolute Gasteiger partial charge is 0.195 e. The molecule has 1 N–H and O–H groups in total. The average Bonchev–Trinajstić information content (AvgIpc) is 2.86. The summed E-state index contributed by atoms with van der Waals surface area (Å²) in [5.41, 5.74) is 2.01. The summed E-state index contributed by atoms with van der Waals surface area (Å²) in [6.07, 6.45) is 3.47. The standard InChI is InChI=1S/C13H16ClN3OS/c1-10-4-5-11(8-12(10)14)17-9-15-16-13(17)19-7-3-2-6-18/h4-5,8-9,18H,2-3,6-7H2,1H3. The molecule has 1 heterocycles. The number of benzene rings is 1. The van der Waals surface area contributed by atoms with Gasteiger partial charge in [0.25, 0.3) is 0 Å². The van der Waals surface area contributed by atoms with Gasteiger partial charge in [-0.05, 0) is 37.5 Å². The molecule has 0 aliphatic carbocycles. The third kappa shape index (κ3) is 3.72. The van der Waals surface area contributed by atoms with E-state index in [4.69, 9.17) is 16.7 Å². The number of hydrogen-bond donors (Lipinski definition) is 1. The maximum Gasteiger partial charge on any atom is 0.195 e. The van der Waals surface area contributed by atoms with Crippen LogP contribution in [0, 0.1) is 6.92 Å². The molecule has 0 bridgehead atoms. The van der Waals surface area contributed by atoms with E-state index < -0.39 is 0 Å². The minimum atomic E-state index is 0.237. The molecule has 0 saturated heterocycles. The quantitative estimate of drug-likeness (QED) is 0.657. The Kier molecular flexibility index (Phi) is 5.24. The van der Waals surface area contributed by atoms with Crippen LogP contribution in [0.5, 0.6) is 0 Å². The zero-order valence-electron chi connectivity index (χ0n) is 10.7. The Morgan fingerprint density at radius 1 is 1.37 bits per heavy atom. The molecule has 0 atom stereocenters. The van der Waals surface area contributed by atoms with E-state index in [-0.39, 0.29) is 6.61 Å². The van der Waals surface area contributed by atoms with Gasteiger partial charge in [-0.1, -0.05) is 29.4 Å². The zero-order chi connectivity index (χ0) is 13.7. The highest BCUT2D eigenvalue weighted by Gasteiger charge is 2.08. The minimum Gasteiger partial charge on any atom is -0.396 e. The van der Waals surface area contributed by atoms with E-state index in [1.165, 1.54) is 0 Å². The van der Waals surface area contributed by atoms with Crippen LogP contribution in [-0.4, -0.2) is 32.2 Å². The minimum absolute atomic E-state index is 0.237. The van der Waals surface area contributed by atoms with Crippen molar-refractivity contribution >= 4 is 23.4 Å². The Balaban J connectivity index is 2.12. The van der Waals surface area contributed by atoms with Crippen LogP contribution in [0.3, 0.4) is 0 Å². The number of rotatable bonds is 6. The summed E-state index contributed by atoms with van der Waals surface area (Å²) in [4.78, 5) is 0. The lowest BCUT2D eigenvalue weighted by molar-refractivity contribution is 0.287. The number of aliphatic hydroxyl groups excluding tert-OH is 1. The molecule has 0 unspecified atom stereocenters. The number of nitrogens with zero attached hydrogens (tertiary/aromatic N) is 3. The Hall–Kier alpha value is -1.04. The van der Waals surface area contributed by atoms with Gasteiger partial charge in [-0.3, -0.25) is 4.57 Å². The van der Waals surface area contributed by atoms with E-state index in [2.05, 4.69) is 10.2 Å². The summed E-state index contributed by atoms with van der Waals surface area (Å²) in [5.74, 6) is 0.916. The number of aliphatic hydroxyl groups is 1. The van der Waals surface area contributed by atoms with Gasteiger partial charge in [0.05, 0.1) is 5.69 Å². The van der Waals surface area contributed by atoms with Crippen molar-refractivity contribution in [3.8, 4) is 5.69 Å². The molecule has 2 rings (SSSR count). The lowest BCUT2D eigenvalue weighted by atomic mass is 10.2. The lowest BCUT2D eigenvalue weighted by Crippen LogP contribution is -1.96. The van der Waals surface area contributed by atoms with Crippen LogP contribution in [0.25, 0.3) is 5.69 Å². The fourth-order valence-electron chi connectivity index (χ4n) is 1.61. The molecular formula is C13H16ClN3OS. The summed E-state index contributed by atoms with van der Waals surface area (Å²) < 4.78 is 1.93. The Morgan fingerprint density at radius 3 is 2.95 bits per heavy atom. The van der Waals surface area contributed by atoms with Crippen molar-refractivity contribution in [2.45, 2.75) is 24.9 Å². The molecule has 1 aromatic heterocycles. The van der Waals surface area contributed by atoms with Gasteiger partial charge < -0.3 is 5.11 Å². The molecule has 102 valence electrons. The van der Waals surface area contributed by atoms with Crippen molar-refractivity contribution in [3.63, 3.8) is 0 Å². The number of aryl methyl sites for hydroxylation is 1. The second-order valence-corrected chi connectivity index (χ2v) is 5.67. The second kappa shape index (κ2) is 6.93. The van der Waals surface area contributed by atoms with Gasteiger partial charge in [0.2, 0.25) is 0 Å². The van der Waals surface area contributed by atoms with Crippen LogP contribution < -0.4 is 0 Å². The third-order valence-electron chi connectivity index (χ3n) is 2.73. The van der Waals surface area contributed by atoms with Gasteiger partial charge in [0.15, 0.2) is 5.16 Å². The molecule has 19 heavy (non-hydrogen) atoms. The summed E-state index contributed by atoms with van der Waals surface area (Å²) in [6.45, 7) is 2.21. The highest BCUT2D eigenvalue weighted by molar-refractivity contribution is 7.99. The Morgan fingerprint density at radius 2 is 2.21 bits per heavy atom. The Bertz CT molecular complexity index is 544. The van der Waals surface area contributed by atoms with Crippen molar-refractivity contribution in [2.24, 2.45) is 0 Å². The molecular weight excluding hydrogens is 282 g/mol. The zero-order valence-corrected chi connectivity index (χ0v) is 12.3. The number of hydrogen-bond acceptors (Lipinski definition) is 4. The van der Waals surface area contributed by atoms with E-state index in [0.29, 0.717) is 0 Å². The van der Waals surface area contributed by atoms with Crippen molar-refractivity contribution in [3.05, 3.63) is 35.1 Å². The molecule has 4 nitrogen and oxygen atoms in total. The van der Waals surface area contributed by atoms with E-state index in [1.807, 2.05) is 29.7 Å². The summed E-state index contributed by atoms with van der Waals surface area (Å²) in [5, 5.41) is 18.4. The molecule has 6 heteroatoms. The normalized spacial score (nSPS) is 10.9. The van der Waals surface area contributed by atoms with Crippen LogP contribution in [0.15, 0.2) is 29.7 Å². The van der Waals surface area contributed by atoms with Crippen molar-refractivity contribution in [2.75, 3.05) is 12.4 Å². The molecule has 0 fully saturated rings. The van der Waals surface area contributed by atoms with E-state index in [1.54, 1.807) is 18.1 Å². The molecule has 0 aliphatic heterocycles. The molecule has 0 aliphatic rings. The molecule has 0 amide bonds. The van der Waals surface area contributed by atoms with E-state index in [0.717, 1.165) is 40.0 Å². The summed E-state index contributed by atoms with van der Waals surface area (Å²) in [7, 11) is 0. The molecule has 2 aromatic rings. The first-order chi connectivity index (χ1) is 9.22. The fraction of sp³-hybridized carbons (Fsp3) is 0.385. The average molecular weight is 298 g/mol. The van der Waals surface area contributed by atoms with Crippen molar-refractivity contribution < 1.29 is 5.11 Å². The van der Waals surface area contributed by atoms with Crippen LogP contribution in [0.4, 0.5) is 0 Å². The first kappa shape index (κ1) is 14.4. The molecule has 1 aromatic carbocycles. The van der Waals surface area contributed by atoms with Gasteiger partial charge in [-0.25, -0.2) is 0 Å². The monoisotopic (exact) mass is 297 g/mol. The summed E-state index contributed by atoms with van der Waals surface area (Å²) >= 11 is 7.77. The second-order valence-electron chi connectivity index (χ2n) is 4.20. The molecule has 0 saturated carbocycles. The SMILES string of the molecule is Cc1ccc(-n2cnnc2SCCCCO)cc1Cl. The Labute approximate surface area is 121 Å². The molecule has 0 radical (unpaired) electrons. The number of aromatic nitrogens is 3. The van der Waals surface area contributed by atoms with Gasteiger partial charge >= 0.3 is 0 Å². The maximum atomic E-state index is 8.76. The highest BCUT2D eigenvalue weighted by atomic mass is 35.5. The number of halogens is 1. The molecule has 0 spiro atoms. The lowest BCUT2D eigenvalue weighted by Gasteiger charge is -2.07.